The fourth-order valence-electron chi connectivity index (χ4n) is 3.33. The van der Waals surface area contributed by atoms with E-state index < -0.39 is 29.9 Å². The van der Waals surface area contributed by atoms with Crippen LogP contribution in [0.25, 0.3) is 11.1 Å². The van der Waals surface area contributed by atoms with Crippen LogP contribution in [-0.2, 0) is 11.2 Å². The summed E-state index contributed by atoms with van der Waals surface area (Å²) in [5.41, 5.74) is 1.19. The molecule has 4 N–H and O–H groups in total. The summed E-state index contributed by atoms with van der Waals surface area (Å²) in [5.74, 6) is -1.64. The molecule has 0 saturated heterocycles. The second-order valence-electron chi connectivity index (χ2n) is 7.78. The lowest BCUT2D eigenvalue weighted by molar-refractivity contribution is -0.151. The van der Waals surface area contributed by atoms with Crippen LogP contribution in [0.4, 0.5) is 0 Å². The lowest BCUT2D eigenvalue weighted by Crippen LogP contribution is -2.44. The molecule has 2 unspecified atom stereocenters. The third-order valence-electron chi connectivity index (χ3n) is 5.22. The second kappa shape index (κ2) is 10.1. The Morgan fingerprint density at radius 1 is 1.19 bits per heavy atom. The fraction of sp³-hybridized carbons (Fsp3) is 0.273. The number of carboxylic acids is 1. The Kier molecular flexibility index (Phi) is 7.50. The molecule has 1 aromatic heterocycles. The highest BCUT2D eigenvalue weighted by Gasteiger charge is 2.36. The van der Waals surface area contributed by atoms with Gasteiger partial charge in [-0.3, -0.25) is 9.59 Å². The molecule has 0 aliphatic rings. The van der Waals surface area contributed by atoms with Gasteiger partial charge in [0.05, 0.1) is 18.2 Å². The van der Waals surface area contributed by atoms with Gasteiger partial charge in [0.1, 0.15) is 0 Å². The largest absolute Gasteiger partial charge is 0.481 e. The Balaban J connectivity index is 1.82. The van der Waals surface area contributed by atoms with Gasteiger partial charge in [-0.25, -0.2) is 0 Å². The number of nitrogens with zero attached hydrogens (tertiary/aromatic N) is 2. The number of carbonyl (C=O) groups excluding carboxylic acids is 1. The standard InChI is InChI=1S/C22H22Cl2N4O4/c1-22(12-29,21(31)32)10-16(26-20(30)19-11-25-28-27-19)8-13-2-4-14(5-3-13)17-9-15(23)6-7-18(17)24/h2-7,9,11,16,29H,8,10,12H2,1H3,(H,26,30)(H,31,32)(H,25,27,28). The summed E-state index contributed by atoms with van der Waals surface area (Å²) in [6.45, 7) is 0.875. The van der Waals surface area contributed by atoms with E-state index in [1.54, 1.807) is 18.2 Å². The van der Waals surface area contributed by atoms with E-state index in [1.165, 1.54) is 13.1 Å². The molecule has 1 amide bonds. The van der Waals surface area contributed by atoms with Crippen molar-refractivity contribution in [3.63, 3.8) is 0 Å². The molecule has 3 rings (SSSR count). The summed E-state index contributed by atoms with van der Waals surface area (Å²) >= 11 is 12.4. The number of nitrogens with one attached hydrogen (secondary N) is 2. The third kappa shape index (κ3) is 5.64. The highest BCUT2D eigenvalue weighted by Crippen LogP contribution is 2.31. The van der Waals surface area contributed by atoms with Crippen molar-refractivity contribution >= 4 is 35.1 Å². The molecule has 0 radical (unpaired) electrons. The summed E-state index contributed by atoms with van der Waals surface area (Å²) in [6, 6.07) is 12.1. The first-order valence-corrected chi connectivity index (χ1v) is 10.5. The Hall–Kier alpha value is -2.94. The Bertz CT molecular complexity index is 1090. The van der Waals surface area contributed by atoms with Crippen molar-refractivity contribution in [3.05, 3.63) is 70.0 Å². The van der Waals surface area contributed by atoms with Gasteiger partial charge < -0.3 is 15.5 Å². The number of aromatic nitrogens is 3. The number of amides is 1. The summed E-state index contributed by atoms with van der Waals surface area (Å²) in [5, 5.41) is 32.9. The zero-order valence-electron chi connectivity index (χ0n) is 17.2. The Morgan fingerprint density at radius 3 is 2.50 bits per heavy atom. The molecule has 1 heterocycles. The van der Waals surface area contributed by atoms with E-state index in [-0.39, 0.29) is 12.1 Å². The minimum absolute atomic E-state index is 0.0182. The van der Waals surface area contributed by atoms with Crippen LogP contribution in [0, 0.1) is 5.41 Å². The minimum Gasteiger partial charge on any atom is -0.481 e. The molecule has 0 spiro atoms. The predicted octanol–water partition coefficient (Wildman–Crippen LogP) is 3.59. The number of carbonyl (C=O) groups is 2. The molecule has 3 aromatic rings. The van der Waals surface area contributed by atoms with E-state index in [9.17, 15) is 19.8 Å². The van der Waals surface area contributed by atoms with E-state index >= 15 is 0 Å². The van der Waals surface area contributed by atoms with Crippen LogP contribution >= 0.6 is 23.2 Å². The van der Waals surface area contributed by atoms with E-state index in [4.69, 9.17) is 23.2 Å². The maximum Gasteiger partial charge on any atom is 0.311 e. The number of hydrogen-bond donors (Lipinski definition) is 4. The molecule has 0 saturated carbocycles. The number of hydrogen-bond acceptors (Lipinski definition) is 5. The van der Waals surface area contributed by atoms with Crippen LogP contribution in [0.1, 0.15) is 29.4 Å². The molecule has 168 valence electrons. The maximum atomic E-state index is 12.5. The molecule has 10 heteroatoms. The quantitative estimate of drug-likeness (QED) is 0.373. The topological polar surface area (TPSA) is 128 Å². The van der Waals surface area contributed by atoms with Gasteiger partial charge in [-0.2, -0.15) is 15.4 Å². The van der Waals surface area contributed by atoms with Crippen LogP contribution in [0.15, 0.2) is 48.7 Å². The lowest BCUT2D eigenvalue weighted by atomic mass is 9.82. The van der Waals surface area contributed by atoms with E-state index in [0.29, 0.717) is 16.5 Å². The van der Waals surface area contributed by atoms with Gasteiger partial charge in [-0.15, -0.1) is 0 Å². The molecule has 0 aliphatic carbocycles. The van der Waals surface area contributed by atoms with Crippen molar-refractivity contribution in [2.24, 2.45) is 5.41 Å². The van der Waals surface area contributed by atoms with Gasteiger partial charge in [-0.05, 0) is 49.1 Å². The van der Waals surface area contributed by atoms with E-state index in [2.05, 4.69) is 20.7 Å². The van der Waals surface area contributed by atoms with Gasteiger partial charge in [0.15, 0.2) is 5.69 Å². The molecule has 2 aromatic carbocycles. The number of aliphatic hydroxyl groups excluding tert-OH is 1. The van der Waals surface area contributed by atoms with Gasteiger partial charge in [0.25, 0.3) is 5.91 Å². The maximum absolute atomic E-state index is 12.5. The first kappa shape index (κ1) is 23.7. The third-order valence-corrected chi connectivity index (χ3v) is 5.79. The fourth-order valence-corrected chi connectivity index (χ4v) is 3.73. The highest BCUT2D eigenvalue weighted by atomic mass is 35.5. The van der Waals surface area contributed by atoms with Gasteiger partial charge in [0, 0.05) is 21.7 Å². The number of benzene rings is 2. The van der Waals surface area contributed by atoms with Crippen molar-refractivity contribution in [3.8, 4) is 11.1 Å². The molecule has 8 nitrogen and oxygen atoms in total. The molecule has 0 fully saturated rings. The predicted molar refractivity (Wildman–Crippen MR) is 121 cm³/mol. The molecular formula is C22H22Cl2N4O4. The lowest BCUT2D eigenvalue weighted by Gasteiger charge is -2.28. The first-order valence-electron chi connectivity index (χ1n) is 9.77. The van der Waals surface area contributed by atoms with Crippen LogP contribution in [0.5, 0.6) is 0 Å². The average molecular weight is 477 g/mol. The molecule has 2 atom stereocenters. The van der Waals surface area contributed by atoms with E-state index in [1.807, 2.05) is 24.3 Å². The summed E-state index contributed by atoms with van der Waals surface area (Å²) in [4.78, 5) is 24.2. The van der Waals surface area contributed by atoms with Gasteiger partial charge >= 0.3 is 5.97 Å². The van der Waals surface area contributed by atoms with Crippen LogP contribution in [0.3, 0.4) is 0 Å². The number of aliphatic hydroxyl groups is 1. The number of carboxylic acid groups (broad SMARTS) is 1. The van der Waals surface area contributed by atoms with Crippen LogP contribution in [0.2, 0.25) is 10.0 Å². The Labute approximate surface area is 194 Å². The Morgan fingerprint density at radius 2 is 1.91 bits per heavy atom. The summed E-state index contributed by atoms with van der Waals surface area (Å²) in [6.07, 6.45) is 1.64. The van der Waals surface area contributed by atoms with Crippen molar-refractivity contribution in [1.29, 1.82) is 0 Å². The molecular weight excluding hydrogens is 455 g/mol. The minimum atomic E-state index is -1.42. The summed E-state index contributed by atoms with van der Waals surface area (Å²) in [7, 11) is 0. The van der Waals surface area contributed by atoms with Crippen molar-refractivity contribution in [2.45, 2.75) is 25.8 Å². The molecule has 0 bridgehead atoms. The monoisotopic (exact) mass is 476 g/mol. The van der Waals surface area contributed by atoms with Crippen LogP contribution < -0.4 is 5.32 Å². The zero-order valence-corrected chi connectivity index (χ0v) is 18.7. The summed E-state index contributed by atoms with van der Waals surface area (Å²) < 4.78 is 0. The van der Waals surface area contributed by atoms with Crippen molar-refractivity contribution < 1.29 is 19.8 Å². The molecule has 32 heavy (non-hydrogen) atoms. The van der Waals surface area contributed by atoms with Gasteiger partial charge in [-0.1, -0.05) is 47.5 Å². The number of aromatic amines is 1. The van der Waals surface area contributed by atoms with Gasteiger partial charge in [0.2, 0.25) is 0 Å². The number of H-pyrrole nitrogens is 1. The highest BCUT2D eigenvalue weighted by molar-refractivity contribution is 6.35. The SMILES string of the molecule is CC(CO)(CC(Cc1ccc(-c2cc(Cl)ccc2Cl)cc1)NC(=O)c1cn[nH]n1)C(=O)O. The molecule has 0 aliphatic heterocycles. The second-order valence-corrected chi connectivity index (χ2v) is 8.62. The number of halogens is 2. The number of aliphatic carboxylic acids is 1. The van der Waals surface area contributed by atoms with Crippen LogP contribution in [-0.4, -0.2) is 50.1 Å². The van der Waals surface area contributed by atoms with Crippen molar-refractivity contribution in [1.82, 2.24) is 20.7 Å². The van der Waals surface area contributed by atoms with Crippen molar-refractivity contribution in [2.75, 3.05) is 6.61 Å². The zero-order chi connectivity index (χ0) is 23.3. The normalized spacial score (nSPS) is 13.9. The first-order chi connectivity index (χ1) is 15.2. The number of rotatable bonds is 9. The average Bonchev–Trinajstić information content (AvgIpc) is 3.31. The van der Waals surface area contributed by atoms with E-state index in [0.717, 1.165) is 16.7 Å². The smallest absolute Gasteiger partial charge is 0.311 e.